The summed E-state index contributed by atoms with van der Waals surface area (Å²) in [6.07, 6.45) is 4.04. The molecule has 0 aliphatic heterocycles. The highest BCUT2D eigenvalue weighted by Gasteiger charge is 2.14. The normalized spacial score (nSPS) is 11.0. The minimum Gasteiger partial charge on any atom is -0.267 e. The van der Waals surface area contributed by atoms with Gasteiger partial charge in [-0.2, -0.15) is 0 Å². The number of pyridine rings is 1. The molecule has 0 radical (unpaired) electrons. The van der Waals surface area contributed by atoms with Gasteiger partial charge in [0.15, 0.2) is 5.65 Å². The number of hydrogen-bond acceptors (Lipinski definition) is 3. The SMILES string of the molecule is O=c1c(Cc2ccccc2)nc2cccnc2n1-c1cccc(CCc2ccccc2)c1. The summed E-state index contributed by atoms with van der Waals surface area (Å²) in [4.78, 5) is 22.7. The van der Waals surface area contributed by atoms with E-state index in [0.717, 1.165) is 24.1 Å². The van der Waals surface area contributed by atoms with Crippen molar-refractivity contribution in [3.8, 4) is 5.69 Å². The Balaban J connectivity index is 1.56. The molecule has 2 aromatic heterocycles. The molecule has 32 heavy (non-hydrogen) atoms. The van der Waals surface area contributed by atoms with Crippen molar-refractivity contribution in [1.82, 2.24) is 14.5 Å². The summed E-state index contributed by atoms with van der Waals surface area (Å²) < 4.78 is 1.70. The third kappa shape index (κ3) is 4.21. The van der Waals surface area contributed by atoms with Crippen molar-refractivity contribution in [3.05, 3.63) is 136 Å². The van der Waals surface area contributed by atoms with E-state index < -0.39 is 0 Å². The van der Waals surface area contributed by atoms with Crippen LogP contribution in [0.4, 0.5) is 0 Å². The summed E-state index contributed by atoms with van der Waals surface area (Å²) in [6.45, 7) is 0. The van der Waals surface area contributed by atoms with Crippen LogP contribution in [0.1, 0.15) is 22.4 Å². The number of aryl methyl sites for hydroxylation is 2. The van der Waals surface area contributed by atoms with E-state index in [1.165, 1.54) is 11.1 Å². The van der Waals surface area contributed by atoms with Crippen LogP contribution in [0.5, 0.6) is 0 Å². The third-order valence-corrected chi connectivity index (χ3v) is 5.61. The van der Waals surface area contributed by atoms with Crippen LogP contribution in [0, 0.1) is 0 Å². The van der Waals surface area contributed by atoms with Crippen molar-refractivity contribution in [2.45, 2.75) is 19.3 Å². The maximum absolute atomic E-state index is 13.5. The lowest BCUT2D eigenvalue weighted by molar-refractivity contribution is 0.916. The van der Waals surface area contributed by atoms with Gasteiger partial charge in [-0.3, -0.25) is 9.36 Å². The van der Waals surface area contributed by atoms with Gasteiger partial charge in [-0.25, -0.2) is 9.97 Å². The van der Waals surface area contributed by atoms with Gasteiger partial charge in [-0.1, -0.05) is 72.8 Å². The molecule has 4 heteroatoms. The van der Waals surface area contributed by atoms with Crippen LogP contribution in [-0.2, 0) is 19.3 Å². The Morgan fingerprint density at radius 3 is 2.16 bits per heavy atom. The summed E-state index contributed by atoms with van der Waals surface area (Å²) in [5.74, 6) is 0. The smallest absolute Gasteiger partial charge is 0.267 e. The number of nitrogens with zero attached hydrogens (tertiary/aromatic N) is 3. The van der Waals surface area contributed by atoms with Crippen molar-refractivity contribution >= 4 is 11.2 Å². The first kappa shape index (κ1) is 19.9. The first-order chi connectivity index (χ1) is 15.8. The van der Waals surface area contributed by atoms with Crippen molar-refractivity contribution < 1.29 is 0 Å². The number of fused-ring (bicyclic) bond motifs is 1. The first-order valence-corrected chi connectivity index (χ1v) is 10.8. The molecule has 0 atom stereocenters. The van der Waals surface area contributed by atoms with Crippen LogP contribution in [0.25, 0.3) is 16.9 Å². The fraction of sp³-hybridized carbons (Fsp3) is 0.107. The maximum atomic E-state index is 13.5. The Morgan fingerprint density at radius 1 is 0.688 bits per heavy atom. The van der Waals surface area contributed by atoms with Gasteiger partial charge in [0.05, 0.1) is 5.69 Å². The van der Waals surface area contributed by atoms with E-state index in [9.17, 15) is 4.79 Å². The molecule has 0 fully saturated rings. The van der Waals surface area contributed by atoms with Gasteiger partial charge in [0.25, 0.3) is 5.56 Å². The molecule has 0 aliphatic carbocycles. The van der Waals surface area contributed by atoms with Gasteiger partial charge in [0, 0.05) is 12.6 Å². The molecule has 4 nitrogen and oxygen atoms in total. The van der Waals surface area contributed by atoms with E-state index in [4.69, 9.17) is 0 Å². The van der Waals surface area contributed by atoms with E-state index >= 15 is 0 Å². The molecule has 2 heterocycles. The average Bonchev–Trinajstić information content (AvgIpc) is 2.85. The monoisotopic (exact) mass is 417 g/mol. The summed E-state index contributed by atoms with van der Waals surface area (Å²) in [5.41, 5.74) is 6.05. The molecule has 5 rings (SSSR count). The molecular weight excluding hydrogens is 394 g/mol. The summed E-state index contributed by atoms with van der Waals surface area (Å²) in [6, 6.07) is 32.3. The van der Waals surface area contributed by atoms with Gasteiger partial charge in [0.2, 0.25) is 0 Å². The van der Waals surface area contributed by atoms with Gasteiger partial charge in [-0.05, 0) is 53.8 Å². The molecule has 156 valence electrons. The topological polar surface area (TPSA) is 47.8 Å². The van der Waals surface area contributed by atoms with Crippen molar-refractivity contribution in [2.24, 2.45) is 0 Å². The molecule has 0 amide bonds. The molecular formula is C28H23N3O. The predicted octanol–water partition coefficient (Wildman–Crippen LogP) is 5.16. The predicted molar refractivity (Wildman–Crippen MR) is 128 cm³/mol. The quantitative estimate of drug-likeness (QED) is 0.384. The summed E-state index contributed by atoms with van der Waals surface area (Å²) in [7, 11) is 0. The Morgan fingerprint density at radius 2 is 1.38 bits per heavy atom. The highest BCUT2D eigenvalue weighted by molar-refractivity contribution is 5.72. The van der Waals surface area contributed by atoms with E-state index in [1.54, 1.807) is 10.8 Å². The molecule has 0 saturated carbocycles. The Bertz CT molecular complexity index is 1410. The molecule has 0 aliphatic rings. The van der Waals surface area contributed by atoms with Crippen LogP contribution in [0.15, 0.2) is 108 Å². The standard InChI is InChI=1S/C28H23N3O/c32-28-26(20-22-11-5-2-6-12-22)30-25-15-8-18-29-27(25)31(28)24-14-7-13-23(19-24)17-16-21-9-3-1-4-10-21/h1-15,18-19H,16-17,20H2. The number of benzene rings is 3. The van der Waals surface area contributed by atoms with Crippen molar-refractivity contribution in [1.29, 1.82) is 0 Å². The highest BCUT2D eigenvalue weighted by atomic mass is 16.1. The highest BCUT2D eigenvalue weighted by Crippen LogP contribution is 2.17. The molecule has 0 bridgehead atoms. The van der Waals surface area contributed by atoms with E-state index in [2.05, 4.69) is 46.4 Å². The number of rotatable bonds is 6. The second-order valence-electron chi connectivity index (χ2n) is 7.86. The molecule has 5 aromatic rings. The maximum Gasteiger partial charge on any atom is 0.278 e. The van der Waals surface area contributed by atoms with Crippen molar-refractivity contribution in [3.63, 3.8) is 0 Å². The largest absolute Gasteiger partial charge is 0.278 e. The summed E-state index contributed by atoms with van der Waals surface area (Å²) >= 11 is 0. The van der Waals surface area contributed by atoms with Gasteiger partial charge in [-0.15, -0.1) is 0 Å². The number of aromatic nitrogens is 3. The summed E-state index contributed by atoms with van der Waals surface area (Å²) in [5, 5.41) is 0. The lowest BCUT2D eigenvalue weighted by Gasteiger charge is -2.13. The van der Waals surface area contributed by atoms with Crippen LogP contribution in [-0.4, -0.2) is 14.5 Å². The fourth-order valence-corrected chi connectivity index (χ4v) is 3.99. The zero-order chi connectivity index (χ0) is 21.8. The fourth-order valence-electron chi connectivity index (χ4n) is 3.99. The Labute approximate surface area is 186 Å². The van der Waals surface area contributed by atoms with Gasteiger partial charge >= 0.3 is 0 Å². The third-order valence-electron chi connectivity index (χ3n) is 5.61. The van der Waals surface area contributed by atoms with E-state index in [0.29, 0.717) is 23.3 Å². The average molecular weight is 418 g/mol. The molecule has 0 unspecified atom stereocenters. The van der Waals surface area contributed by atoms with Crippen LogP contribution in [0.3, 0.4) is 0 Å². The van der Waals surface area contributed by atoms with E-state index in [1.807, 2.05) is 60.7 Å². The molecule has 0 N–H and O–H groups in total. The minimum absolute atomic E-state index is 0.125. The number of hydrogen-bond donors (Lipinski definition) is 0. The lowest BCUT2D eigenvalue weighted by Crippen LogP contribution is -2.25. The Kier molecular flexibility index (Phi) is 5.58. The van der Waals surface area contributed by atoms with Crippen LogP contribution in [0.2, 0.25) is 0 Å². The Hall–Kier alpha value is -4.05. The lowest BCUT2D eigenvalue weighted by atomic mass is 10.0. The zero-order valence-electron chi connectivity index (χ0n) is 17.7. The molecule has 3 aromatic carbocycles. The second kappa shape index (κ2) is 8.98. The van der Waals surface area contributed by atoms with E-state index in [-0.39, 0.29) is 5.56 Å². The van der Waals surface area contributed by atoms with Crippen LogP contribution >= 0.6 is 0 Å². The zero-order valence-corrected chi connectivity index (χ0v) is 17.7. The van der Waals surface area contributed by atoms with Crippen molar-refractivity contribution in [2.75, 3.05) is 0 Å². The minimum atomic E-state index is -0.125. The first-order valence-electron chi connectivity index (χ1n) is 10.8. The molecule has 0 spiro atoms. The van der Waals surface area contributed by atoms with Crippen LogP contribution < -0.4 is 5.56 Å². The second-order valence-corrected chi connectivity index (χ2v) is 7.86. The van der Waals surface area contributed by atoms with Gasteiger partial charge in [0.1, 0.15) is 11.2 Å². The molecule has 0 saturated heterocycles. The van der Waals surface area contributed by atoms with Gasteiger partial charge < -0.3 is 0 Å².